The molecule has 68 heavy (non-hydrogen) atoms. The monoisotopic (exact) mass is 1070 g/mol. The Labute approximate surface area is 406 Å². The van der Waals surface area contributed by atoms with E-state index < -0.39 is 80.1 Å². The van der Waals surface area contributed by atoms with Crippen LogP contribution in [0.25, 0.3) is 79.2 Å². The zero-order valence-corrected chi connectivity index (χ0v) is 39.9. The molecular weight excluding hydrogens is 1050 g/mol. The van der Waals surface area contributed by atoms with Gasteiger partial charge in [0.05, 0.1) is 48.4 Å². The Bertz CT molecular complexity index is 4100. The lowest BCUT2D eigenvalue weighted by molar-refractivity contribution is 0.481. The zero-order chi connectivity index (χ0) is 48.8. The summed E-state index contributed by atoms with van der Waals surface area (Å²) in [6, 6.07) is 22.9. The molecule has 4 aromatic carbocycles. The van der Waals surface area contributed by atoms with E-state index in [1.165, 1.54) is 60.7 Å². The van der Waals surface area contributed by atoms with Gasteiger partial charge in [0.15, 0.2) is 0 Å². The van der Waals surface area contributed by atoms with Gasteiger partial charge in [-0.3, -0.25) is 18.2 Å². The summed E-state index contributed by atoms with van der Waals surface area (Å²) < 4.78 is 144. The maximum absolute atomic E-state index is 13.0. The smallest absolute Gasteiger partial charge is 0.296 e. The van der Waals surface area contributed by atoms with Crippen molar-refractivity contribution in [3.05, 3.63) is 152 Å². The third-order valence-corrected chi connectivity index (χ3v) is 16.3. The SMILES string of the molecule is O=S(=O)(O)c1cccc(C2=Cc3cc4ccc(cc5nc(cc6[nH]c(c(-c7cccc(S(=O)(=O)O)c7Cl)c2n3)c(-c2cccc(S(=O)(=O)O)c2Cl)c6-c2cccc(S(=O)(=O)O)c2Cl)C=C5)[nH]4)c1Cl. The molecule has 0 atom stereocenters. The summed E-state index contributed by atoms with van der Waals surface area (Å²) in [6.07, 6.45) is 4.82. The van der Waals surface area contributed by atoms with Crippen molar-refractivity contribution in [2.45, 2.75) is 19.6 Å². The van der Waals surface area contributed by atoms with E-state index in [2.05, 4.69) is 9.97 Å². The fourth-order valence-corrected chi connectivity index (χ4v) is 12.3. The molecule has 0 spiro atoms. The molecule has 3 aromatic heterocycles. The zero-order valence-electron chi connectivity index (χ0n) is 33.6. The molecule has 9 rings (SSSR count). The average molecular weight is 1070 g/mol. The second-order valence-corrected chi connectivity index (χ2v) is 22.0. The van der Waals surface area contributed by atoms with Crippen molar-refractivity contribution in [2.75, 3.05) is 0 Å². The molecule has 16 nitrogen and oxygen atoms in total. The third kappa shape index (κ3) is 8.67. The fourth-order valence-electron chi connectivity index (χ4n) is 7.90. The molecule has 2 aliphatic heterocycles. The summed E-state index contributed by atoms with van der Waals surface area (Å²) in [4.78, 5) is 13.2. The fraction of sp³-hybridized carbons (Fsp3) is 0. The van der Waals surface area contributed by atoms with Gasteiger partial charge in [-0.05, 0) is 72.8 Å². The summed E-state index contributed by atoms with van der Waals surface area (Å²) in [7, 11) is -20.2. The van der Waals surface area contributed by atoms with Crippen molar-refractivity contribution in [1.29, 1.82) is 0 Å². The van der Waals surface area contributed by atoms with Crippen LogP contribution in [-0.2, 0) is 40.5 Å². The lowest BCUT2D eigenvalue weighted by atomic mass is 9.91. The number of halogens is 4. The van der Waals surface area contributed by atoms with Crippen LogP contribution in [0, 0.1) is 0 Å². The second-order valence-electron chi connectivity index (χ2n) is 14.9. The predicted molar refractivity (Wildman–Crippen MR) is 259 cm³/mol. The van der Waals surface area contributed by atoms with Crippen molar-refractivity contribution < 1.29 is 51.9 Å². The number of aromatic nitrogens is 4. The first-order valence-corrected chi connectivity index (χ1v) is 26.4. The van der Waals surface area contributed by atoms with Gasteiger partial charge >= 0.3 is 0 Å². The molecule has 24 heteroatoms. The molecule has 0 aliphatic carbocycles. The summed E-state index contributed by atoms with van der Waals surface area (Å²) in [5.41, 5.74) is 0.778. The van der Waals surface area contributed by atoms with E-state index in [1.807, 2.05) is 0 Å². The number of aromatic amines is 2. The Morgan fingerprint density at radius 1 is 0.426 bits per heavy atom. The Morgan fingerprint density at radius 2 is 0.824 bits per heavy atom. The van der Waals surface area contributed by atoms with Crippen molar-refractivity contribution in [2.24, 2.45) is 0 Å². The average Bonchev–Trinajstić information content (AvgIpc) is 4.05. The highest BCUT2D eigenvalue weighted by molar-refractivity contribution is 7.86. The van der Waals surface area contributed by atoms with E-state index in [0.717, 1.165) is 24.3 Å². The first-order chi connectivity index (χ1) is 31.9. The number of H-pyrrole nitrogens is 2. The van der Waals surface area contributed by atoms with Crippen molar-refractivity contribution >= 4 is 133 Å². The van der Waals surface area contributed by atoms with Gasteiger partial charge < -0.3 is 9.97 Å². The minimum atomic E-state index is -5.10. The molecule has 0 radical (unpaired) electrons. The predicted octanol–water partition coefficient (Wildman–Crippen LogP) is 10.7. The first-order valence-electron chi connectivity index (χ1n) is 19.1. The summed E-state index contributed by atoms with van der Waals surface area (Å²) in [5.74, 6) is 0. The topological polar surface area (TPSA) is 275 Å². The van der Waals surface area contributed by atoms with Crippen LogP contribution in [0.2, 0.25) is 20.1 Å². The van der Waals surface area contributed by atoms with Gasteiger partial charge in [-0.25, -0.2) is 9.97 Å². The lowest BCUT2D eigenvalue weighted by Crippen LogP contribution is -2.03. The van der Waals surface area contributed by atoms with Gasteiger partial charge in [0, 0.05) is 61.1 Å². The largest absolute Gasteiger partial charge is 0.355 e. The van der Waals surface area contributed by atoms with Crippen LogP contribution in [0.4, 0.5) is 0 Å². The minimum Gasteiger partial charge on any atom is -0.355 e. The van der Waals surface area contributed by atoms with Crippen molar-refractivity contribution in [3.8, 4) is 33.4 Å². The van der Waals surface area contributed by atoms with Crippen LogP contribution in [0.3, 0.4) is 0 Å². The second kappa shape index (κ2) is 17.1. The standard InChI is InChI=1S/C44H26Cl4N4O12S4/c45-39-26(5-1-9-32(39)65(53,54)55)30-19-25-18-23-14-13-21(49-23)17-22-15-16-24(50-22)20-31-36(27-6-2-10-33(40(27)46)66(56,57)58)37(28-7-3-11-34(41(28)47)67(59,60)61)44(52-31)38(43(30)51-25)29-8-4-12-35(42(29)48)68(62,63)64/h1-20,49,52H,(H,53,54,55)(H,56,57,58)(H,59,60,61)(H,62,63,64). The van der Waals surface area contributed by atoms with Gasteiger partial charge in [0.25, 0.3) is 40.5 Å². The molecule has 6 N–H and O–H groups in total. The van der Waals surface area contributed by atoms with Crippen LogP contribution in [0.1, 0.15) is 28.3 Å². The number of nitrogens with one attached hydrogen (secondary N) is 2. The highest BCUT2D eigenvalue weighted by Crippen LogP contribution is 2.51. The van der Waals surface area contributed by atoms with Crippen molar-refractivity contribution in [1.82, 2.24) is 19.9 Å². The van der Waals surface area contributed by atoms with E-state index in [-0.39, 0.29) is 72.6 Å². The van der Waals surface area contributed by atoms with E-state index in [9.17, 15) is 51.9 Å². The minimum absolute atomic E-state index is 0.0245. The lowest BCUT2D eigenvalue weighted by Gasteiger charge is -2.16. The molecule has 0 saturated carbocycles. The molecule has 7 aromatic rings. The summed E-state index contributed by atoms with van der Waals surface area (Å²) in [5, 5.41) is -2.21. The molecule has 0 unspecified atom stereocenters. The normalized spacial score (nSPS) is 13.2. The molecule has 0 fully saturated rings. The van der Waals surface area contributed by atoms with E-state index >= 15 is 0 Å². The van der Waals surface area contributed by atoms with Gasteiger partial charge in [0.2, 0.25) is 0 Å². The number of rotatable bonds is 8. The molecule has 2 aliphatic rings. The Hall–Kier alpha value is -5.72. The maximum Gasteiger partial charge on any atom is 0.296 e. The van der Waals surface area contributed by atoms with Crippen LogP contribution in [-0.4, -0.2) is 71.8 Å². The van der Waals surface area contributed by atoms with Gasteiger partial charge in [-0.15, -0.1) is 0 Å². The van der Waals surface area contributed by atoms with Gasteiger partial charge in [0.1, 0.15) is 19.6 Å². The van der Waals surface area contributed by atoms with Crippen LogP contribution in [0.15, 0.2) is 123 Å². The number of fused-ring (bicyclic) bond motifs is 8. The molecule has 0 saturated heterocycles. The van der Waals surface area contributed by atoms with Gasteiger partial charge in [-0.2, -0.15) is 33.7 Å². The van der Waals surface area contributed by atoms with Crippen LogP contribution in [0.5, 0.6) is 0 Å². The molecular formula is C44H26Cl4N4O12S4. The van der Waals surface area contributed by atoms with E-state index in [1.54, 1.807) is 36.4 Å². The third-order valence-electron chi connectivity index (χ3n) is 10.7. The quantitative estimate of drug-likeness (QED) is 0.0773. The Balaban J connectivity index is 1.64. The molecule has 8 bridgehead atoms. The van der Waals surface area contributed by atoms with Crippen LogP contribution >= 0.6 is 46.4 Å². The number of benzene rings is 4. The van der Waals surface area contributed by atoms with Crippen LogP contribution < -0.4 is 0 Å². The highest BCUT2D eigenvalue weighted by atomic mass is 35.5. The Morgan fingerprint density at radius 3 is 1.29 bits per heavy atom. The number of nitrogens with zero attached hydrogens (tertiary/aromatic N) is 2. The van der Waals surface area contributed by atoms with Crippen molar-refractivity contribution in [3.63, 3.8) is 0 Å². The van der Waals surface area contributed by atoms with E-state index in [0.29, 0.717) is 16.7 Å². The number of hydrogen-bond acceptors (Lipinski definition) is 10. The molecule has 0 amide bonds. The highest BCUT2D eigenvalue weighted by Gasteiger charge is 2.32. The molecule has 346 valence electrons. The molecule has 5 heterocycles. The van der Waals surface area contributed by atoms with E-state index in [4.69, 9.17) is 56.4 Å². The summed E-state index contributed by atoms with van der Waals surface area (Å²) in [6.45, 7) is 0. The first kappa shape index (κ1) is 47.4. The number of hydrogen-bond donors (Lipinski definition) is 6. The Kier molecular flexibility index (Phi) is 11.9. The maximum atomic E-state index is 13.0. The van der Waals surface area contributed by atoms with Gasteiger partial charge in [-0.1, -0.05) is 94.9 Å². The summed E-state index contributed by atoms with van der Waals surface area (Å²) >= 11 is 27.7.